The molecular formula is C11H8Cl2N4O3S. The van der Waals surface area contributed by atoms with E-state index in [0.29, 0.717) is 0 Å². The molecule has 10 heteroatoms. The van der Waals surface area contributed by atoms with Crippen molar-refractivity contribution in [1.29, 1.82) is 0 Å². The van der Waals surface area contributed by atoms with Crippen LogP contribution in [-0.2, 0) is 10.0 Å². The molecule has 0 aliphatic carbocycles. The first-order valence-corrected chi connectivity index (χ1v) is 7.64. The Balaban J connectivity index is 2.36. The van der Waals surface area contributed by atoms with Gasteiger partial charge in [0, 0.05) is 5.56 Å². The van der Waals surface area contributed by atoms with Crippen molar-refractivity contribution in [1.82, 2.24) is 9.97 Å². The third kappa shape index (κ3) is 3.41. The molecule has 0 aliphatic rings. The summed E-state index contributed by atoms with van der Waals surface area (Å²) in [5, 5.41) is -0.264. The summed E-state index contributed by atoms with van der Waals surface area (Å²) < 4.78 is 26.6. The van der Waals surface area contributed by atoms with Gasteiger partial charge in [0.2, 0.25) is 5.91 Å². The fourth-order valence-electron chi connectivity index (χ4n) is 1.42. The number of amides is 1. The first-order valence-electron chi connectivity index (χ1n) is 5.40. The van der Waals surface area contributed by atoms with Crippen LogP contribution in [0.15, 0.2) is 35.5 Å². The Morgan fingerprint density at radius 2 is 1.62 bits per heavy atom. The molecule has 0 aliphatic heterocycles. The van der Waals surface area contributed by atoms with Gasteiger partial charge < -0.3 is 5.73 Å². The standard InChI is InChI=1S/C11H8Cl2N4O3S/c12-9-8(10(13)16-5-15-9)17-21(19,20)7-3-1-6(2-4-7)11(14)18/h1-5,17H,(H2,14,18). The maximum absolute atomic E-state index is 12.2. The van der Waals surface area contributed by atoms with E-state index in [1.54, 1.807) is 0 Å². The van der Waals surface area contributed by atoms with Gasteiger partial charge in [0.25, 0.3) is 10.0 Å². The molecule has 0 radical (unpaired) electrons. The van der Waals surface area contributed by atoms with Crippen molar-refractivity contribution >= 4 is 44.8 Å². The van der Waals surface area contributed by atoms with Gasteiger partial charge in [-0.15, -0.1) is 0 Å². The highest BCUT2D eigenvalue weighted by molar-refractivity contribution is 7.92. The largest absolute Gasteiger partial charge is 0.366 e. The zero-order valence-electron chi connectivity index (χ0n) is 10.2. The fraction of sp³-hybridized carbons (Fsp3) is 0. The van der Waals surface area contributed by atoms with Crippen molar-refractivity contribution < 1.29 is 13.2 Å². The molecule has 1 aromatic heterocycles. The van der Waals surface area contributed by atoms with E-state index in [2.05, 4.69) is 14.7 Å². The van der Waals surface area contributed by atoms with Crippen molar-refractivity contribution in [2.45, 2.75) is 4.90 Å². The molecule has 0 unspecified atom stereocenters. The second kappa shape index (κ2) is 5.84. The molecule has 7 nitrogen and oxygen atoms in total. The van der Waals surface area contributed by atoms with Gasteiger partial charge in [0.15, 0.2) is 10.3 Å². The van der Waals surface area contributed by atoms with Gasteiger partial charge in [-0.3, -0.25) is 9.52 Å². The number of carbonyl (C=O) groups is 1. The second-order valence-electron chi connectivity index (χ2n) is 3.82. The van der Waals surface area contributed by atoms with Crippen LogP contribution in [0.25, 0.3) is 0 Å². The lowest BCUT2D eigenvalue weighted by atomic mass is 10.2. The van der Waals surface area contributed by atoms with E-state index in [1.807, 2.05) is 0 Å². The van der Waals surface area contributed by atoms with Gasteiger partial charge in [-0.05, 0) is 24.3 Å². The number of anilines is 1. The monoisotopic (exact) mass is 346 g/mol. The van der Waals surface area contributed by atoms with Gasteiger partial charge in [0.1, 0.15) is 12.0 Å². The summed E-state index contributed by atoms with van der Waals surface area (Å²) in [4.78, 5) is 18.1. The molecule has 0 saturated carbocycles. The van der Waals surface area contributed by atoms with Crippen LogP contribution in [0.1, 0.15) is 10.4 Å². The minimum absolute atomic E-state index is 0.0940. The maximum atomic E-state index is 12.2. The van der Waals surface area contributed by atoms with E-state index in [-0.39, 0.29) is 26.5 Å². The van der Waals surface area contributed by atoms with E-state index in [0.717, 1.165) is 6.33 Å². The number of hydrogen-bond acceptors (Lipinski definition) is 5. The molecule has 0 spiro atoms. The summed E-state index contributed by atoms with van der Waals surface area (Å²) >= 11 is 11.5. The molecule has 2 rings (SSSR count). The van der Waals surface area contributed by atoms with E-state index >= 15 is 0 Å². The predicted octanol–water partition coefficient (Wildman–Crippen LogP) is 1.68. The lowest BCUT2D eigenvalue weighted by molar-refractivity contribution is 0.1000. The average Bonchev–Trinajstić information content (AvgIpc) is 2.43. The van der Waals surface area contributed by atoms with Crippen LogP contribution in [0.2, 0.25) is 10.3 Å². The van der Waals surface area contributed by atoms with Crippen LogP contribution in [0.4, 0.5) is 5.69 Å². The third-order valence-electron chi connectivity index (χ3n) is 2.44. The van der Waals surface area contributed by atoms with Crippen LogP contribution < -0.4 is 10.5 Å². The minimum Gasteiger partial charge on any atom is -0.366 e. The number of rotatable bonds is 4. The van der Waals surface area contributed by atoms with E-state index in [9.17, 15) is 13.2 Å². The number of nitrogens with zero attached hydrogens (tertiary/aromatic N) is 2. The highest BCUT2D eigenvalue weighted by Crippen LogP contribution is 2.28. The summed E-state index contributed by atoms with van der Waals surface area (Å²) in [5.41, 5.74) is 5.14. The molecule has 0 fully saturated rings. The van der Waals surface area contributed by atoms with Gasteiger partial charge >= 0.3 is 0 Å². The number of nitrogens with two attached hydrogens (primary N) is 1. The minimum atomic E-state index is -3.95. The smallest absolute Gasteiger partial charge is 0.262 e. The summed E-state index contributed by atoms with van der Waals surface area (Å²) in [6.45, 7) is 0. The van der Waals surface area contributed by atoms with Crippen LogP contribution in [0.3, 0.4) is 0 Å². The van der Waals surface area contributed by atoms with Gasteiger partial charge in [-0.2, -0.15) is 0 Å². The van der Waals surface area contributed by atoms with Gasteiger partial charge in [0.05, 0.1) is 4.90 Å². The average molecular weight is 347 g/mol. The SMILES string of the molecule is NC(=O)c1ccc(S(=O)(=O)Nc2c(Cl)ncnc2Cl)cc1. The van der Waals surface area contributed by atoms with E-state index in [1.165, 1.54) is 24.3 Å². The van der Waals surface area contributed by atoms with Crippen LogP contribution in [-0.4, -0.2) is 24.3 Å². The lowest BCUT2D eigenvalue weighted by Gasteiger charge is -2.10. The Kier molecular flexibility index (Phi) is 4.31. The fourth-order valence-corrected chi connectivity index (χ4v) is 3.02. The Hall–Kier alpha value is -1.90. The maximum Gasteiger partial charge on any atom is 0.262 e. The molecule has 21 heavy (non-hydrogen) atoms. The molecule has 3 N–H and O–H groups in total. The zero-order valence-corrected chi connectivity index (χ0v) is 12.6. The molecule has 1 amide bonds. The highest BCUT2D eigenvalue weighted by Gasteiger charge is 2.19. The predicted molar refractivity (Wildman–Crippen MR) is 77.8 cm³/mol. The summed E-state index contributed by atoms with van der Waals surface area (Å²) in [7, 11) is -3.95. The molecule has 1 heterocycles. The number of carbonyl (C=O) groups excluding carboxylic acids is 1. The highest BCUT2D eigenvalue weighted by atomic mass is 35.5. The third-order valence-corrected chi connectivity index (χ3v) is 4.38. The molecule has 0 bridgehead atoms. The van der Waals surface area contributed by atoms with E-state index in [4.69, 9.17) is 28.9 Å². The first kappa shape index (κ1) is 15.5. The first-order chi connectivity index (χ1) is 9.81. The Labute approximate surface area is 130 Å². The van der Waals surface area contributed by atoms with Crippen LogP contribution in [0.5, 0.6) is 0 Å². The molecular weight excluding hydrogens is 339 g/mol. The number of benzene rings is 1. The number of sulfonamides is 1. The van der Waals surface area contributed by atoms with Crippen molar-refractivity contribution in [2.75, 3.05) is 4.72 Å². The van der Waals surface area contributed by atoms with Crippen LogP contribution in [0, 0.1) is 0 Å². The van der Waals surface area contributed by atoms with Crippen LogP contribution >= 0.6 is 23.2 Å². The van der Waals surface area contributed by atoms with Crippen molar-refractivity contribution in [3.63, 3.8) is 0 Å². The number of halogens is 2. The topological polar surface area (TPSA) is 115 Å². The second-order valence-corrected chi connectivity index (χ2v) is 6.22. The molecule has 110 valence electrons. The number of hydrogen-bond donors (Lipinski definition) is 2. The van der Waals surface area contributed by atoms with Gasteiger partial charge in [-0.25, -0.2) is 18.4 Å². The normalized spacial score (nSPS) is 11.1. The number of aromatic nitrogens is 2. The summed E-state index contributed by atoms with van der Waals surface area (Å²) in [6, 6.07) is 5.05. The van der Waals surface area contributed by atoms with Crippen molar-refractivity contribution in [3.05, 3.63) is 46.5 Å². The quantitative estimate of drug-likeness (QED) is 0.817. The lowest BCUT2D eigenvalue weighted by Crippen LogP contribution is -2.15. The summed E-state index contributed by atoms with van der Waals surface area (Å²) in [6.07, 6.45) is 1.10. The molecule has 0 saturated heterocycles. The van der Waals surface area contributed by atoms with E-state index < -0.39 is 15.9 Å². The molecule has 2 aromatic rings. The van der Waals surface area contributed by atoms with Gasteiger partial charge in [-0.1, -0.05) is 23.2 Å². The Morgan fingerprint density at radius 3 is 2.10 bits per heavy atom. The zero-order chi connectivity index (χ0) is 15.6. The molecule has 1 aromatic carbocycles. The van der Waals surface area contributed by atoms with Crippen molar-refractivity contribution in [2.24, 2.45) is 5.73 Å². The summed E-state index contributed by atoms with van der Waals surface area (Å²) in [5.74, 6) is -0.658. The molecule has 0 atom stereocenters. The van der Waals surface area contributed by atoms with Crippen molar-refractivity contribution in [3.8, 4) is 0 Å². The number of nitrogens with one attached hydrogen (secondary N) is 1. The number of primary amides is 1. The Morgan fingerprint density at radius 1 is 1.10 bits per heavy atom. The Bertz CT molecular complexity index is 773.